The van der Waals surface area contributed by atoms with Crippen molar-refractivity contribution in [1.82, 2.24) is 4.98 Å². The molecule has 3 rings (SSSR count). The van der Waals surface area contributed by atoms with E-state index >= 15 is 0 Å². The molecule has 23 heavy (non-hydrogen) atoms. The normalized spacial score (nSPS) is 10.7. The van der Waals surface area contributed by atoms with Gasteiger partial charge in [-0.25, -0.2) is 4.98 Å². The maximum atomic E-state index is 12.4. The highest BCUT2D eigenvalue weighted by molar-refractivity contribution is 7.14. The summed E-state index contributed by atoms with van der Waals surface area (Å²) in [5.74, 6) is -0.572. The van der Waals surface area contributed by atoms with Crippen LogP contribution in [0.5, 0.6) is 5.75 Å². The monoisotopic (exact) mass is 352 g/mol. The second-order valence-electron chi connectivity index (χ2n) is 4.38. The van der Waals surface area contributed by atoms with Crippen molar-refractivity contribution in [3.05, 3.63) is 52.2 Å². The van der Waals surface area contributed by atoms with Gasteiger partial charge < -0.3 is 10.1 Å². The number of ether oxygens (including phenoxy) is 1. The fourth-order valence-corrected chi connectivity index (χ4v) is 3.36. The first-order chi connectivity index (χ1) is 11.1. The van der Waals surface area contributed by atoms with Crippen LogP contribution >= 0.6 is 22.7 Å². The Kier molecular flexibility index (Phi) is 4.63. The molecule has 0 atom stereocenters. The number of carbonyl (C=O) groups excluding carboxylic acids is 1. The van der Waals surface area contributed by atoms with Crippen LogP contribution in [0.3, 0.4) is 0 Å². The van der Waals surface area contributed by atoms with Crippen molar-refractivity contribution < 1.29 is 18.3 Å². The number of nitrogens with zero attached hydrogens (tertiary/aromatic N) is 1. The molecule has 0 aliphatic rings. The fourth-order valence-electron chi connectivity index (χ4n) is 1.85. The second-order valence-corrected chi connectivity index (χ2v) is 6.02. The number of nitrogens with one attached hydrogen (secondary N) is 1. The minimum atomic E-state index is -2.96. The summed E-state index contributed by atoms with van der Waals surface area (Å²) >= 11 is 2.89. The van der Waals surface area contributed by atoms with Crippen molar-refractivity contribution >= 4 is 34.3 Å². The number of hydrogen-bond acceptors (Lipinski definition) is 5. The van der Waals surface area contributed by atoms with E-state index in [-0.39, 0.29) is 17.1 Å². The van der Waals surface area contributed by atoms with Crippen molar-refractivity contribution in [2.45, 2.75) is 6.61 Å². The van der Waals surface area contributed by atoms with Gasteiger partial charge in [0.15, 0.2) is 0 Å². The summed E-state index contributed by atoms with van der Waals surface area (Å²) in [5, 5.41) is 8.76. The SMILES string of the molecule is O=C(Nc1ccccc1OC(F)F)c1csc(-c2ccsc2)n1. The first-order valence-corrected chi connectivity index (χ1v) is 8.29. The third-order valence-corrected chi connectivity index (χ3v) is 4.43. The van der Waals surface area contributed by atoms with Gasteiger partial charge in [-0.1, -0.05) is 12.1 Å². The molecule has 0 saturated carbocycles. The molecule has 4 nitrogen and oxygen atoms in total. The molecule has 0 saturated heterocycles. The molecule has 2 heterocycles. The number of rotatable bonds is 5. The molecule has 0 bridgehead atoms. The fraction of sp³-hybridized carbons (Fsp3) is 0.0667. The van der Waals surface area contributed by atoms with Gasteiger partial charge in [0.1, 0.15) is 16.5 Å². The summed E-state index contributed by atoms with van der Waals surface area (Å²) in [7, 11) is 0. The Hall–Kier alpha value is -2.32. The Labute approximate surface area is 138 Å². The molecule has 1 N–H and O–H groups in total. The van der Waals surface area contributed by atoms with Gasteiger partial charge in [0.2, 0.25) is 0 Å². The average molecular weight is 352 g/mol. The topological polar surface area (TPSA) is 51.2 Å². The predicted octanol–water partition coefficient (Wildman–Crippen LogP) is 4.73. The van der Waals surface area contributed by atoms with Crippen molar-refractivity contribution in [3.8, 4) is 16.3 Å². The standard InChI is InChI=1S/C15H10F2N2O2S2/c16-15(17)21-12-4-2-1-3-10(12)18-13(20)11-8-23-14(19-11)9-5-6-22-7-9/h1-8,15H,(H,18,20). The maximum Gasteiger partial charge on any atom is 0.387 e. The molecule has 0 spiro atoms. The highest BCUT2D eigenvalue weighted by atomic mass is 32.1. The number of carbonyl (C=O) groups is 1. The number of alkyl halides is 2. The number of amides is 1. The predicted molar refractivity (Wildman–Crippen MR) is 86.5 cm³/mol. The lowest BCUT2D eigenvalue weighted by Crippen LogP contribution is -2.14. The summed E-state index contributed by atoms with van der Waals surface area (Å²) in [6, 6.07) is 7.93. The largest absolute Gasteiger partial charge is 0.433 e. The molecule has 8 heteroatoms. The van der Waals surface area contributed by atoms with E-state index in [9.17, 15) is 13.6 Å². The number of hydrogen-bond donors (Lipinski definition) is 1. The Morgan fingerprint density at radius 3 is 2.78 bits per heavy atom. The van der Waals surface area contributed by atoms with Crippen LogP contribution in [0.4, 0.5) is 14.5 Å². The van der Waals surface area contributed by atoms with Crippen LogP contribution in [0.15, 0.2) is 46.5 Å². The van der Waals surface area contributed by atoms with Crippen LogP contribution in [-0.2, 0) is 0 Å². The van der Waals surface area contributed by atoms with Crippen LogP contribution in [0.1, 0.15) is 10.5 Å². The molecule has 0 fully saturated rings. The molecule has 0 aliphatic heterocycles. The molecule has 3 aromatic rings. The Balaban J connectivity index is 1.77. The molecule has 1 amide bonds. The average Bonchev–Trinajstić information content (AvgIpc) is 3.19. The minimum Gasteiger partial charge on any atom is -0.433 e. The van der Waals surface area contributed by atoms with Gasteiger partial charge >= 0.3 is 6.61 Å². The van der Waals surface area contributed by atoms with Crippen LogP contribution in [-0.4, -0.2) is 17.5 Å². The molecule has 0 aliphatic carbocycles. The van der Waals surface area contributed by atoms with Gasteiger partial charge in [-0.05, 0) is 23.6 Å². The number of anilines is 1. The summed E-state index contributed by atoms with van der Waals surface area (Å²) in [6.45, 7) is -2.96. The zero-order chi connectivity index (χ0) is 16.2. The first-order valence-electron chi connectivity index (χ1n) is 6.47. The van der Waals surface area contributed by atoms with Gasteiger partial charge in [-0.2, -0.15) is 20.1 Å². The highest BCUT2D eigenvalue weighted by Crippen LogP contribution is 2.28. The van der Waals surface area contributed by atoms with Crippen LogP contribution < -0.4 is 10.1 Å². The lowest BCUT2D eigenvalue weighted by Gasteiger charge is -2.10. The quantitative estimate of drug-likeness (QED) is 0.722. The van der Waals surface area contributed by atoms with Gasteiger partial charge in [-0.15, -0.1) is 11.3 Å². The summed E-state index contributed by atoms with van der Waals surface area (Å²) in [5.41, 5.74) is 1.34. The zero-order valence-electron chi connectivity index (χ0n) is 11.5. The van der Waals surface area contributed by atoms with Gasteiger partial charge in [0, 0.05) is 16.3 Å². The highest BCUT2D eigenvalue weighted by Gasteiger charge is 2.15. The number of halogens is 2. The molecule has 118 valence electrons. The number of thiophene rings is 1. The number of thiazole rings is 1. The van der Waals surface area contributed by atoms with Gasteiger partial charge in [0.25, 0.3) is 5.91 Å². The lowest BCUT2D eigenvalue weighted by molar-refractivity contribution is -0.0493. The van der Waals surface area contributed by atoms with Crippen molar-refractivity contribution in [2.75, 3.05) is 5.32 Å². The Morgan fingerprint density at radius 2 is 2.04 bits per heavy atom. The van der Waals surface area contributed by atoms with Crippen LogP contribution in [0.2, 0.25) is 0 Å². The summed E-state index contributed by atoms with van der Waals surface area (Å²) < 4.78 is 29.1. The summed E-state index contributed by atoms with van der Waals surface area (Å²) in [6.07, 6.45) is 0. The van der Waals surface area contributed by atoms with E-state index in [1.165, 1.54) is 23.5 Å². The first kappa shape index (κ1) is 15.6. The van der Waals surface area contributed by atoms with Crippen LogP contribution in [0, 0.1) is 0 Å². The van der Waals surface area contributed by atoms with E-state index in [0.29, 0.717) is 0 Å². The third-order valence-electron chi connectivity index (χ3n) is 2.86. The van der Waals surface area contributed by atoms with Gasteiger partial charge in [0.05, 0.1) is 5.69 Å². The van der Waals surface area contributed by atoms with E-state index in [0.717, 1.165) is 10.6 Å². The third kappa shape index (κ3) is 3.72. The minimum absolute atomic E-state index is 0.0934. The Morgan fingerprint density at radius 1 is 1.22 bits per heavy atom. The maximum absolute atomic E-state index is 12.4. The van der Waals surface area contributed by atoms with E-state index < -0.39 is 12.5 Å². The number of para-hydroxylation sites is 2. The zero-order valence-corrected chi connectivity index (χ0v) is 13.2. The second kappa shape index (κ2) is 6.84. The molecular formula is C15H10F2N2O2S2. The van der Waals surface area contributed by atoms with Crippen molar-refractivity contribution in [3.63, 3.8) is 0 Å². The lowest BCUT2D eigenvalue weighted by atomic mass is 10.3. The van der Waals surface area contributed by atoms with E-state index in [1.807, 2.05) is 16.8 Å². The summed E-state index contributed by atoms with van der Waals surface area (Å²) in [4.78, 5) is 16.5. The molecular weight excluding hydrogens is 342 g/mol. The molecule has 2 aromatic heterocycles. The van der Waals surface area contributed by atoms with E-state index in [4.69, 9.17) is 0 Å². The molecule has 0 radical (unpaired) electrons. The number of benzene rings is 1. The van der Waals surface area contributed by atoms with Gasteiger partial charge in [-0.3, -0.25) is 4.79 Å². The van der Waals surface area contributed by atoms with Crippen LogP contribution in [0.25, 0.3) is 10.6 Å². The van der Waals surface area contributed by atoms with E-state index in [2.05, 4.69) is 15.0 Å². The Bertz CT molecular complexity index is 803. The van der Waals surface area contributed by atoms with Crippen molar-refractivity contribution in [1.29, 1.82) is 0 Å². The number of aromatic nitrogens is 1. The van der Waals surface area contributed by atoms with Crippen molar-refractivity contribution in [2.24, 2.45) is 0 Å². The molecule has 0 unspecified atom stereocenters. The smallest absolute Gasteiger partial charge is 0.387 e. The van der Waals surface area contributed by atoms with E-state index in [1.54, 1.807) is 28.8 Å². The molecule has 1 aromatic carbocycles.